The lowest BCUT2D eigenvalue weighted by molar-refractivity contribution is 0.0801. The molecule has 0 bridgehead atoms. The van der Waals surface area contributed by atoms with Crippen LogP contribution < -0.4 is 20.7 Å². The summed E-state index contributed by atoms with van der Waals surface area (Å²) >= 11 is 6.35. The molecule has 0 aliphatic heterocycles. The van der Waals surface area contributed by atoms with Gasteiger partial charge in [-0.1, -0.05) is 55.8 Å². The first-order valence-electron chi connectivity index (χ1n) is 14.9. The first-order valence-corrected chi connectivity index (χ1v) is 15.2. The van der Waals surface area contributed by atoms with Crippen LogP contribution >= 0.6 is 11.6 Å². The highest BCUT2D eigenvalue weighted by Crippen LogP contribution is 2.32. The Hall–Kier alpha value is -2.85. The van der Waals surface area contributed by atoms with E-state index >= 15 is 0 Å². The molecule has 9 nitrogen and oxygen atoms in total. The molecule has 2 aromatic rings. The quantitative estimate of drug-likeness (QED) is 0.232. The molecule has 0 aromatic heterocycles. The van der Waals surface area contributed by atoms with Gasteiger partial charge in [-0.15, -0.1) is 0 Å². The van der Waals surface area contributed by atoms with E-state index in [9.17, 15) is 9.59 Å². The Morgan fingerprint density at radius 2 is 1.83 bits per heavy atom. The maximum atomic E-state index is 13.7. The number of amides is 2. The molecule has 1 unspecified atom stereocenters. The third-order valence-electron chi connectivity index (χ3n) is 7.42. The van der Waals surface area contributed by atoms with Crippen LogP contribution in [-0.4, -0.2) is 84.0 Å². The first kappa shape index (κ1) is 33.6. The summed E-state index contributed by atoms with van der Waals surface area (Å²) < 4.78 is 17.1. The lowest BCUT2D eigenvalue weighted by atomic mass is 9.84. The van der Waals surface area contributed by atoms with Gasteiger partial charge >= 0.3 is 6.09 Å². The zero-order chi connectivity index (χ0) is 30.3. The summed E-state index contributed by atoms with van der Waals surface area (Å²) in [7, 11) is 7.20. The van der Waals surface area contributed by atoms with Crippen LogP contribution in [0.4, 0.5) is 4.79 Å². The number of alkyl carbamates (subject to hydrolysis) is 1. The van der Waals surface area contributed by atoms with Gasteiger partial charge in [0.15, 0.2) is 0 Å². The Balaban J connectivity index is 1.89. The van der Waals surface area contributed by atoms with Gasteiger partial charge in [-0.25, -0.2) is 4.79 Å². The second-order valence-electron chi connectivity index (χ2n) is 11.1. The fourth-order valence-electron chi connectivity index (χ4n) is 5.32. The molecule has 1 fully saturated rings. The zero-order valence-electron chi connectivity index (χ0n) is 25.4. The van der Waals surface area contributed by atoms with E-state index in [-0.39, 0.29) is 25.1 Å². The number of hydrogen-bond donors (Lipinski definition) is 3. The van der Waals surface area contributed by atoms with Crippen molar-refractivity contribution in [1.82, 2.24) is 20.9 Å². The largest absolute Gasteiger partial charge is 0.492 e. The Kier molecular flexibility index (Phi) is 14.4. The number of nitrogens with zero attached hydrogens (tertiary/aromatic N) is 1. The van der Waals surface area contributed by atoms with E-state index in [1.807, 2.05) is 56.4 Å². The molecule has 3 N–H and O–H groups in total. The topological polar surface area (TPSA) is 101 Å². The van der Waals surface area contributed by atoms with Crippen LogP contribution in [0.5, 0.6) is 5.75 Å². The molecule has 42 heavy (non-hydrogen) atoms. The number of likely N-dealkylation sites (N-methyl/N-ethyl adjacent to an activating group) is 2. The Morgan fingerprint density at radius 1 is 1.05 bits per heavy atom. The third kappa shape index (κ3) is 11.4. The predicted octanol–water partition coefficient (Wildman–Crippen LogP) is 5.03. The number of methoxy groups -OCH3 is 1. The summed E-state index contributed by atoms with van der Waals surface area (Å²) in [4.78, 5) is 27.3. The van der Waals surface area contributed by atoms with Crippen LogP contribution in [0.1, 0.15) is 66.1 Å². The van der Waals surface area contributed by atoms with Crippen molar-refractivity contribution in [3.05, 3.63) is 64.2 Å². The summed E-state index contributed by atoms with van der Waals surface area (Å²) in [5.41, 5.74) is 2.07. The van der Waals surface area contributed by atoms with E-state index < -0.39 is 12.2 Å². The molecule has 1 aliphatic carbocycles. The van der Waals surface area contributed by atoms with E-state index in [0.717, 1.165) is 24.1 Å². The fourth-order valence-corrected chi connectivity index (χ4v) is 5.52. The maximum absolute atomic E-state index is 13.7. The van der Waals surface area contributed by atoms with Crippen molar-refractivity contribution in [2.45, 2.75) is 50.7 Å². The van der Waals surface area contributed by atoms with E-state index in [1.54, 1.807) is 12.1 Å². The van der Waals surface area contributed by atoms with Gasteiger partial charge in [0.05, 0.1) is 13.7 Å². The van der Waals surface area contributed by atoms with Crippen molar-refractivity contribution in [1.29, 1.82) is 0 Å². The number of rotatable bonds is 16. The average molecular weight is 603 g/mol. The minimum Gasteiger partial charge on any atom is -0.492 e. The number of carbonyl (C=O) groups is 2. The minimum absolute atomic E-state index is 0.0248. The van der Waals surface area contributed by atoms with Gasteiger partial charge in [0.25, 0.3) is 5.91 Å². The standard InChI is InChI=1S/C32H47ClN4O5/c1-34-22-28(17-23-9-6-5-7-10-23)36-31(38)26-18-25(20-29(21-26)41-16-14-37(2)3)30(24-11-8-12-27(33)19-24)42-15-13-35-32(39)40-4/h8,11-12,18-21,23,28,30,34H,5-7,9-10,13-17,22H2,1-4H3,(H,35,39)(H,36,38)/t28-,30?/m0/s1. The van der Waals surface area contributed by atoms with Crippen molar-refractivity contribution in [3.8, 4) is 5.75 Å². The first-order chi connectivity index (χ1) is 20.3. The predicted molar refractivity (Wildman–Crippen MR) is 167 cm³/mol. The molecule has 0 spiro atoms. The summed E-state index contributed by atoms with van der Waals surface area (Å²) in [6, 6.07) is 13.0. The second-order valence-corrected chi connectivity index (χ2v) is 11.6. The summed E-state index contributed by atoms with van der Waals surface area (Å²) in [6.07, 6.45) is 6.15. The molecule has 2 aromatic carbocycles. The Morgan fingerprint density at radius 3 is 2.52 bits per heavy atom. The van der Waals surface area contributed by atoms with Crippen LogP contribution in [0, 0.1) is 5.92 Å². The van der Waals surface area contributed by atoms with Crippen molar-refractivity contribution in [2.75, 3.05) is 61.1 Å². The number of carbonyl (C=O) groups excluding carboxylic acids is 2. The minimum atomic E-state index is -0.553. The van der Waals surface area contributed by atoms with E-state index in [0.29, 0.717) is 35.4 Å². The van der Waals surface area contributed by atoms with Crippen molar-refractivity contribution < 1.29 is 23.8 Å². The lowest BCUT2D eigenvalue weighted by Crippen LogP contribution is -2.42. The van der Waals surface area contributed by atoms with Crippen LogP contribution in [-0.2, 0) is 9.47 Å². The molecule has 1 saturated carbocycles. The Labute approximate surface area is 255 Å². The number of benzene rings is 2. The summed E-state index contributed by atoms with van der Waals surface area (Å²) in [5.74, 6) is 1.07. The monoisotopic (exact) mass is 602 g/mol. The number of hydrogen-bond acceptors (Lipinski definition) is 7. The maximum Gasteiger partial charge on any atom is 0.406 e. The van der Waals surface area contributed by atoms with Crippen LogP contribution in [0.25, 0.3) is 0 Å². The van der Waals surface area contributed by atoms with E-state index in [4.69, 9.17) is 21.1 Å². The van der Waals surface area contributed by atoms with Gasteiger partial charge in [-0.3, -0.25) is 4.79 Å². The molecule has 232 valence electrons. The van der Waals surface area contributed by atoms with Gasteiger partial charge < -0.3 is 35.1 Å². The van der Waals surface area contributed by atoms with E-state index in [2.05, 4.69) is 20.7 Å². The zero-order valence-corrected chi connectivity index (χ0v) is 26.2. The molecule has 3 rings (SSSR count). The number of ether oxygens (including phenoxy) is 3. The molecule has 0 heterocycles. The molecule has 10 heteroatoms. The van der Waals surface area contributed by atoms with Crippen LogP contribution in [0.3, 0.4) is 0 Å². The van der Waals surface area contributed by atoms with Gasteiger partial charge in [0.2, 0.25) is 0 Å². The molecule has 0 saturated heterocycles. The fraction of sp³-hybridized carbons (Fsp3) is 0.562. The van der Waals surface area contributed by atoms with Gasteiger partial charge in [0.1, 0.15) is 18.5 Å². The highest BCUT2D eigenvalue weighted by Gasteiger charge is 2.23. The van der Waals surface area contributed by atoms with Crippen molar-refractivity contribution in [2.24, 2.45) is 5.92 Å². The lowest BCUT2D eigenvalue weighted by Gasteiger charge is -2.27. The molecule has 2 atom stereocenters. The van der Waals surface area contributed by atoms with Crippen LogP contribution in [0.2, 0.25) is 5.02 Å². The van der Waals surface area contributed by atoms with Crippen LogP contribution in [0.15, 0.2) is 42.5 Å². The summed E-state index contributed by atoms with van der Waals surface area (Å²) in [6.45, 7) is 2.36. The molecular weight excluding hydrogens is 556 g/mol. The SMILES string of the molecule is CNC[C@H](CC1CCCCC1)NC(=O)c1cc(OCCN(C)C)cc(C(OCCNC(=O)OC)c2cccc(Cl)c2)c1. The van der Waals surface area contributed by atoms with Gasteiger partial charge in [0, 0.05) is 36.3 Å². The smallest absolute Gasteiger partial charge is 0.406 e. The molecular formula is C32H47ClN4O5. The molecule has 0 radical (unpaired) electrons. The number of halogens is 1. The van der Waals surface area contributed by atoms with Crippen molar-refractivity contribution in [3.63, 3.8) is 0 Å². The van der Waals surface area contributed by atoms with Gasteiger partial charge in [-0.05, 0) is 74.9 Å². The van der Waals surface area contributed by atoms with E-state index in [1.165, 1.54) is 39.2 Å². The highest BCUT2D eigenvalue weighted by atomic mass is 35.5. The molecule has 1 aliphatic rings. The number of nitrogens with one attached hydrogen (secondary N) is 3. The highest BCUT2D eigenvalue weighted by molar-refractivity contribution is 6.30. The Bertz CT molecular complexity index is 1130. The summed E-state index contributed by atoms with van der Waals surface area (Å²) in [5, 5.41) is 9.74. The third-order valence-corrected chi connectivity index (χ3v) is 7.66. The normalized spacial score (nSPS) is 15.2. The average Bonchev–Trinajstić information content (AvgIpc) is 2.97. The van der Waals surface area contributed by atoms with Gasteiger partial charge in [-0.2, -0.15) is 0 Å². The molecule has 2 amide bonds. The van der Waals surface area contributed by atoms with Crippen molar-refractivity contribution >= 4 is 23.6 Å². The second kappa shape index (κ2) is 18.0.